The van der Waals surface area contributed by atoms with Gasteiger partial charge in [0, 0.05) is 0 Å². The van der Waals surface area contributed by atoms with Crippen molar-refractivity contribution in [1.82, 2.24) is 5.32 Å². The minimum Gasteiger partial charge on any atom is -0.411 e. The highest BCUT2D eigenvalue weighted by Crippen LogP contribution is 1.84. The fourth-order valence-corrected chi connectivity index (χ4v) is 0.446. The summed E-state index contributed by atoms with van der Waals surface area (Å²) in [5, 5.41) is 13.9. The summed E-state index contributed by atoms with van der Waals surface area (Å²) in [5.41, 5.74) is 0.681. The SMILES string of the molecule is ON=C1C=CNC1. The van der Waals surface area contributed by atoms with Gasteiger partial charge in [0.15, 0.2) is 0 Å². The van der Waals surface area contributed by atoms with Crippen molar-refractivity contribution in [1.29, 1.82) is 0 Å². The van der Waals surface area contributed by atoms with E-state index in [-0.39, 0.29) is 0 Å². The maximum Gasteiger partial charge on any atom is 0.1000 e. The molecule has 0 aromatic carbocycles. The lowest BCUT2D eigenvalue weighted by molar-refractivity contribution is 0.319. The largest absolute Gasteiger partial charge is 0.411 e. The Labute approximate surface area is 41.3 Å². The van der Waals surface area contributed by atoms with E-state index in [1.165, 1.54) is 0 Å². The Balaban J connectivity index is 2.59. The van der Waals surface area contributed by atoms with E-state index in [1.807, 2.05) is 0 Å². The number of hydrogen-bond donors (Lipinski definition) is 2. The molecule has 0 bridgehead atoms. The van der Waals surface area contributed by atoms with E-state index in [0.29, 0.717) is 12.3 Å². The molecular formula is C4H6N2O. The van der Waals surface area contributed by atoms with Gasteiger partial charge < -0.3 is 10.5 Å². The van der Waals surface area contributed by atoms with Crippen LogP contribution in [0.15, 0.2) is 17.4 Å². The van der Waals surface area contributed by atoms with Crippen LogP contribution in [0.4, 0.5) is 0 Å². The van der Waals surface area contributed by atoms with E-state index in [1.54, 1.807) is 12.3 Å². The quantitative estimate of drug-likeness (QED) is 0.329. The van der Waals surface area contributed by atoms with Gasteiger partial charge in [0.05, 0.1) is 12.3 Å². The van der Waals surface area contributed by atoms with E-state index in [9.17, 15) is 0 Å². The Kier molecular flexibility index (Phi) is 0.978. The fraction of sp³-hybridized carbons (Fsp3) is 0.250. The van der Waals surface area contributed by atoms with Crippen LogP contribution in [0.5, 0.6) is 0 Å². The lowest BCUT2D eigenvalue weighted by atomic mass is 10.4. The molecule has 0 radical (unpaired) electrons. The first-order chi connectivity index (χ1) is 3.43. The van der Waals surface area contributed by atoms with E-state index < -0.39 is 0 Å². The second-order valence-corrected chi connectivity index (χ2v) is 1.31. The van der Waals surface area contributed by atoms with Crippen molar-refractivity contribution in [3.05, 3.63) is 12.3 Å². The molecule has 1 aliphatic heterocycles. The van der Waals surface area contributed by atoms with Gasteiger partial charge >= 0.3 is 0 Å². The monoisotopic (exact) mass is 98.0 g/mol. The van der Waals surface area contributed by atoms with Crippen molar-refractivity contribution in [2.24, 2.45) is 5.16 Å². The van der Waals surface area contributed by atoms with Crippen molar-refractivity contribution in [2.75, 3.05) is 6.54 Å². The topological polar surface area (TPSA) is 44.6 Å². The number of hydrogen-bond acceptors (Lipinski definition) is 3. The van der Waals surface area contributed by atoms with Crippen LogP contribution < -0.4 is 5.32 Å². The summed E-state index contributed by atoms with van der Waals surface area (Å²) in [6.45, 7) is 0.649. The highest BCUT2D eigenvalue weighted by Gasteiger charge is 1.96. The number of oxime groups is 1. The zero-order valence-corrected chi connectivity index (χ0v) is 3.76. The average molecular weight is 98.1 g/mol. The number of rotatable bonds is 0. The summed E-state index contributed by atoms with van der Waals surface area (Å²) in [5.74, 6) is 0. The van der Waals surface area contributed by atoms with Crippen molar-refractivity contribution in [3.63, 3.8) is 0 Å². The van der Waals surface area contributed by atoms with Gasteiger partial charge in [0.25, 0.3) is 0 Å². The Morgan fingerprint density at radius 1 is 1.86 bits per heavy atom. The molecule has 0 aliphatic carbocycles. The molecule has 3 heteroatoms. The Morgan fingerprint density at radius 2 is 2.71 bits per heavy atom. The van der Waals surface area contributed by atoms with Gasteiger partial charge in [-0.05, 0) is 12.3 Å². The first kappa shape index (κ1) is 4.18. The lowest BCUT2D eigenvalue weighted by Gasteiger charge is -1.83. The van der Waals surface area contributed by atoms with Crippen LogP contribution in [0.2, 0.25) is 0 Å². The van der Waals surface area contributed by atoms with Gasteiger partial charge in [-0.15, -0.1) is 0 Å². The lowest BCUT2D eigenvalue weighted by Crippen LogP contribution is -2.06. The summed E-state index contributed by atoms with van der Waals surface area (Å²) in [6.07, 6.45) is 3.47. The zero-order valence-electron chi connectivity index (χ0n) is 3.76. The summed E-state index contributed by atoms with van der Waals surface area (Å²) >= 11 is 0. The van der Waals surface area contributed by atoms with Gasteiger partial charge in [-0.3, -0.25) is 0 Å². The molecule has 1 aliphatic rings. The molecule has 0 unspecified atom stereocenters. The molecule has 3 nitrogen and oxygen atoms in total. The summed E-state index contributed by atoms with van der Waals surface area (Å²) in [6, 6.07) is 0. The van der Waals surface area contributed by atoms with Gasteiger partial charge in [0.1, 0.15) is 0 Å². The minimum atomic E-state index is 0.649. The predicted octanol–water partition coefficient (Wildman–Crippen LogP) is -0.0665. The Morgan fingerprint density at radius 3 is 3.00 bits per heavy atom. The highest BCUT2D eigenvalue weighted by atomic mass is 16.4. The van der Waals surface area contributed by atoms with Crippen LogP contribution in [0.3, 0.4) is 0 Å². The molecule has 0 fully saturated rings. The molecule has 1 heterocycles. The molecule has 0 aromatic rings. The average Bonchev–Trinajstić information content (AvgIpc) is 2.14. The predicted molar refractivity (Wildman–Crippen MR) is 26.4 cm³/mol. The van der Waals surface area contributed by atoms with Crippen LogP contribution >= 0.6 is 0 Å². The Hall–Kier alpha value is -0.990. The summed E-state index contributed by atoms with van der Waals surface area (Å²) in [7, 11) is 0. The minimum absolute atomic E-state index is 0.649. The molecule has 2 N–H and O–H groups in total. The normalized spacial score (nSPS) is 23.1. The Bertz CT molecular complexity index is 114. The van der Waals surface area contributed by atoms with E-state index in [4.69, 9.17) is 5.21 Å². The molecule has 0 spiro atoms. The highest BCUT2D eigenvalue weighted by molar-refractivity contribution is 5.97. The van der Waals surface area contributed by atoms with E-state index in [0.717, 1.165) is 0 Å². The van der Waals surface area contributed by atoms with Crippen LogP contribution in [-0.4, -0.2) is 17.5 Å². The third-order valence-electron chi connectivity index (χ3n) is 0.805. The van der Waals surface area contributed by atoms with Crippen LogP contribution in [-0.2, 0) is 0 Å². The summed E-state index contributed by atoms with van der Waals surface area (Å²) in [4.78, 5) is 0. The molecule has 0 saturated heterocycles. The molecule has 1 rings (SSSR count). The fourth-order valence-electron chi connectivity index (χ4n) is 0.446. The zero-order chi connectivity index (χ0) is 5.11. The molecule has 0 aromatic heterocycles. The van der Waals surface area contributed by atoms with Crippen molar-refractivity contribution in [2.45, 2.75) is 0 Å². The second-order valence-electron chi connectivity index (χ2n) is 1.31. The molecule has 0 amide bonds. The van der Waals surface area contributed by atoms with Crippen molar-refractivity contribution < 1.29 is 5.21 Å². The van der Waals surface area contributed by atoms with Crippen molar-refractivity contribution >= 4 is 5.71 Å². The van der Waals surface area contributed by atoms with Crippen LogP contribution in [0, 0.1) is 0 Å². The number of nitrogens with zero attached hydrogens (tertiary/aromatic N) is 1. The molecule has 0 atom stereocenters. The van der Waals surface area contributed by atoms with Crippen molar-refractivity contribution in [3.8, 4) is 0 Å². The number of nitrogens with one attached hydrogen (secondary N) is 1. The van der Waals surface area contributed by atoms with Gasteiger partial charge in [-0.2, -0.15) is 0 Å². The van der Waals surface area contributed by atoms with Gasteiger partial charge in [-0.25, -0.2) is 0 Å². The van der Waals surface area contributed by atoms with Crippen LogP contribution in [0.1, 0.15) is 0 Å². The molecule has 38 valence electrons. The smallest absolute Gasteiger partial charge is 0.1000 e. The maximum absolute atomic E-state index is 8.06. The van der Waals surface area contributed by atoms with Gasteiger partial charge in [-0.1, -0.05) is 5.16 Å². The standard InChI is InChI=1S/C4H6N2O/c7-6-4-1-2-5-3-4/h1-2,5,7H,3H2. The third-order valence-corrected chi connectivity index (χ3v) is 0.805. The first-order valence-electron chi connectivity index (χ1n) is 2.04. The summed E-state index contributed by atoms with van der Waals surface area (Å²) < 4.78 is 0. The van der Waals surface area contributed by atoms with Gasteiger partial charge in [0.2, 0.25) is 0 Å². The van der Waals surface area contributed by atoms with Crippen LogP contribution in [0.25, 0.3) is 0 Å². The van der Waals surface area contributed by atoms with E-state index >= 15 is 0 Å². The molecule has 7 heavy (non-hydrogen) atoms. The maximum atomic E-state index is 8.06. The molecular weight excluding hydrogens is 92.1 g/mol. The first-order valence-corrected chi connectivity index (χ1v) is 2.04. The molecule has 0 saturated carbocycles. The third kappa shape index (κ3) is 0.707. The second kappa shape index (κ2) is 1.64. The van der Waals surface area contributed by atoms with E-state index in [2.05, 4.69) is 10.5 Å².